The highest BCUT2D eigenvalue weighted by molar-refractivity contribution is 4.70. The molecule has 0 atom stereocenters. The average molecular weight is 126 g/mol. The summed E-state index contributed by atoms with van der Waals surface area (Å²) < 4.78 is 0. The third-order valence-corrected chi connectivity index (χ3v) is 2.13. The van der Waals surface area contributed by atoms with Gasteiger partial charge in [-0.3, -0.25) is 0 Å². The number of rotatable bonds is 4. The number of nitrogens with one attached hydrogen (secondary N) is 1. The Balaban J connectivity index is 1.80. The van der Waals surface area contributed by atoms with Crippen molar-refractivity contribution in [2.24, 2.45) is 5.92 Å². The summed E-state index contributed by atoms with van der Waals surface area (Å²) in [4.78, 5) is 0. The van der Waals surface area contributed by atoms with Crippen LogP contribution in [0.3, 0.4) is 0 Å². The molecule has 1 aliphatic rings. The van der Waals surface area contributed by atoms with Crippen molar-refractivity contribution in [3.63, 3.8) is 0 Å². The molecule has 0 saturated heterocycles. The molecule has 1 heteroatoms. The van der Waals surface area contributed by atoms with Crippen LogP contribution in [0.2, 0.25) is 0 Å². The Morgan fingerprint density at radius 1 is 1.44 bits per heavy atom. The van der Waals surface area contributed by atoms with Gasteiger partial charge >= 0.3 is 0 Å². The first kappa shape index (κ1) is 7.07. The van der Waals surface area contributed by atoms with Crippen LogP contribution in [0.5, 0.6) is 0 Å². The van der Waals surface area contributed by atoms with Crippen LogP contribution in [0.1, 0.15) is 25.7 Å². The number of hydrogen-bond donors (Lipinski definition) is 1. The quantitative estimate of drug-likeness (QED) is 0.564. The minimum atomic E-state index is 0.882. The Kier molecular flexibility index (Phi) is 3.05. The van der Waals surface area contributed by atoms with Crippen LogP contribution >= 0.6 is 0 Å². The third kappa shape index (κ3) is 2.35. The second kappa shape index (κ2) is 3.89. The van der Waals surface area contributed by atoms with E-state index in [2.05, 4.69) is 12.2 Å². The van der Waals surface area contributed by atoms with Gasteiger partial charge in [-0.1, -0.05) is 19.3 Å². The Bertz CT molecular complexity index is 67.0. The summed E-state index contributed by atoms with van der Waals surface area (Å²) >= 11 is 0. The van der Waals surface area contributed by atoms with Crippen molar-refractivity contribution in [1.29, 1.82) is 0 Å². The van der Waals surface area contributed by atoms with Gasteiger partial charge in [-0.2, -0.15) is 0 Å². The molecule has 0 bridgehead atoms. The van der Waals surface area contributed by atoms with Gasteiger partial charge in [-0.05, 0) is 32.4 Å². The van der Waals surface area contributed by atoms with Crippen LogP contribution < -0.4 is 5.32 Å². The highest BCUT2D eigenvalue weighted by Gasteiger charge is 2.15. The fourth-order valence-electron chi connectivity index (χ4n) is 1.21. The van der Waals surface area contributed by atoms with E-state index in [1.54, 1.807) is 0 Å². The van der Waals surface area contributed by atoms with E-state index in [0.29, 0.717) is 0 Å². The first-order valence-electron chi connectivity index (χ1n) is 3.93. The Hall–Kier alpha value is -0.0400. The Morgan fingerprint density at radius 3 is 2.67 bits per heavy atom. The second-order valence-electron chi connectivity index (χ2n) is 2.84. The van der Waals surface area contributed by atoms with Gasteiger partial charge < -0.3 is 5.32 Å². The minimum absolute atomic E-state index is 0.882. The molecule has 9 heavy (non-hydrogen) atoms. The van der Waals surface area contributed by atoms with Gasteiger partial charge in [0.05, 0.1) is 0 Å². The zero-order chi connectivity index (χ0) is 6.53. The van der Waals surface area contributed by atoms with Gasteiger partial charge in [-0.25, -0.2) is 0 Å². The summed E-state index contributed by atoms with van der Waals surface area (Å²) in [6.45, 7) is 5.77. The Morgan fingerprint density at radius 2 is 2.22 bits per heavy atom. The topological polar surface area (TPSA) is 12.0 Å². The predicted molar refractivity (Wildman–Crippen MR) is 40.2 cm³/mol. The van der Waals surface area contributed by atoms with E-state index >= 15 is 0 Å². The van der Waals surface area contributed by atoms with Crippen molar-refractivity contribution in [2.75, 3.05) is 13.1 Å². The molecule has 0 aromatic carbocycles. The molecule has 0 unspecified atom stereocenters. The second-order valence-corrected chi connectivity index (χ2v) is 2.84. The van der Waals surface area contributed by atoms with Crippen molar-refractivity contribution in [3.05, 3.63) is 6.92 Å². The molecular weight excluding hydrogens is 110 g/mol. The largest absolute Gasteiger partial charge is 0.317 e. The highest BCUT2D eigenvalue weighted by Crippen LogP contribution is 2.28. The van der Waals surface area contributed by atoms with Crippen LogP contribution in [0.15, 0.2) is 0 Å². The minimum Gasteiger partial charge on any atom is -0.317 e. The van der Waals surface area contributed by atoms with Crippen molar-refractivity contribution < 1.29 is 0 Å². The summed E-state index contributed by atoms with van der Waals surface area (Å²) in [7, 11) is 0. The van der Waals surface area contributed by atoms with E-state index < -0.39 is 0 Å². The van der Waals surface area contributed by atoms with Gasteiger partial charge in [0.2, 0.25) is 0 Å². The summed E-state index contributed by atoms with van der Waals surface area (Å²) in [5.74, 6) is 1.05. The van der Waals surface area contributed by atoms with Crippen LogP contribution in [0.25, 0.3) is 0 Å². The normalized spacial score (nSPS) is 19.7. The maximum atomic E-state index is 3.72. The summed E-state index contributed by atoms with van der Waals surface area (Å²) in [6, 6.07) is 0. The standard InChI is InChI=1S/C8H16N/c1-2-9-7-6-8-4-3-5-8/h8-9H,1-7H2. The lowest BCUT2D eigenvalue weighted by Gasteiger charge is -2.24. The molecule has 1 radical (unpaired) electrons. The lowest BCUT2D eigenvalue weighted by molar-refractivity contribution is 0.293. The van der Waals surface area contributed by atoms with E-state index in [1.807, 2.05) is 0 Å². The monoisotopic (exact) mass is 126 g/mol. The zero-order valence-corrected chi connectivity index (χ0v) is 6.03. The van der Waals surface area contributed by atoms with E-state index in [9.17, 15) is 0 Å². The lowest BCUT2D eigenvalue weighted by Crippen LogP contribution is -2.20. The van der Waals surface area contributed by atoms with Crippen molar-refractivity contribution in [3.8, 4) is 0 Å². The van der Waals surface area contributed by atoms with Gasteiger partial charge in [-0.15, -0.1) is 0 Å². The molecule has 0 aliphatic heterocycles. The van der Waals surface area contributed by atoms with Gasteiger partial charge in [0, 0.05) is 0 Å². The third-order valence-electron chi connectivity index (χ3n) is 2.13. The smallest absolute Gasteiger partial charge is 0.00463 e. The maximum Gasteiger partial charge on any atom is -0.00463 e. The zero-order valence-electron chi connectivity index (χ0n) is 6.03. The molecule has 1 aliphatic carbocycles. The van der Waals surface area contributed by atoms with Crippen LogP contribution in [-0.2, 0) is 0 Å². The molecule has 1 nitrogen and oxygen atoms in total. The summed E-state index contributed by atoms with van der Waals surface area (Å²) in [5.41, 5.74) is 0. The van der Waals surface area contributed by atoms with Crippen molar-refractivity contribution in [2.45, 2.75) is 25.7 Å². The lowest BCUT2D eigenvalue weighted by atomic mass is 9.83. The molecule has 53 valence electrons. The molecular formula is C8H16N. The maximum absolute atomic E-state index is 3.72. The van der Waals surface area contributed by atoms with Gasteiger partial charge in [0.1, 0.15) is 0 Å². The predicted octanol–water partition coefficient (Wildman–Crippen LogP) is 1.60. The van der Waals surface area contributed by atoms with E-state index in [0.717, 1.165) is 12.5 Å². The first-order chi connectivity index (χ1) is 4.43. The van der Waals surface area contributed by atoms with E-state index in [1.165, 1.54) is 32.2 Å². The molecule has 0 heterocycles. The van der Waals surface area contributed by atoms with Crippen LogP contribution in [-0.4, -0.2) is 13.1 Å². The van der Waals surface area contributed by atoms with Crippen molar-refractivity contribution in [1.82, 2.24) is 5.32 Å². The first-order valence-corrected chi connectivity index (χ1v) is 3.93. The van der Waals surface area contributed by atoms with Crippen molar-refractivity contribution >= 4 is 0 Å². The fourth-order valence-corrected chi connectivity index (χ4v) is 1.21. The highest BCUT2D eigenvalue weighted by atomic mass is 14.8. The number of hydrogen-bond acceptors (Lipinski definition) is 1. The molecule has 1 N–H and O–H groups in total. The molecule has 0 amide bonds. The summed E-state index contributed by atoms with van der Waals surface area (Å²) in [5, 5.41) is 3.24. The molecule has 0 aromatic heterocycles. The van der Waals surface area contributed by atoms with Gasteiger partial charge in [0.15, 0.2) is 0 Å². The van der Waals surface area contributed by atoms with E-state index in [-0.39, 0.29) is 0 Å². The molecule has 1 rings (SSSR count). The van der Waals surface area contributed by atoms with Crippen LogP contribution in [0, 0.1) is 12.8 Å². The fraction of sp³-hybridized carbons (Fsp3) is 0.875. The van der Waals surface area contributed by atoms with Crippen LogP contribution in [0.4, 0.5) is 0 Å². The average Bonchev–Trinajstić information content (AvgIpc) is 1.76. The molecule has 1 saturated carbocycles. The van der Waals surface area contributed by atoms with Gasteiger partial charge in [0.25, 0.3) is 0 Å². The summed E-state index contributed by atoms with van der Waals surface area (Å²) in [6.07, 6.45) is 5.78. The Labute approximate surface area is 57.8 Å². The molecule has 0 spiro atoms. The SMILES string of the molecule is [CH2]CNCCC1CCC1. The molecule has 1 fully saturated rings. The van der Waals surface area contributed by atoms with E-state index in [4.69, 9.17) is 0 Å². The molecule has 0 aromatic rings.